The van der Waals surface area contributed by atoms with Crippen LogP contribution in [0.25, 0.3) is 0 Å². The molecule has 0 aromatic carbocycles. The highest BCUT2D eigenvalue weighted by Crippen LogP contribution is 2.11. The third kappa shape index (κ3) is 3.44. The largest absolute Gasteiger partial charge is 0.354 e. The van der Waals surface area contributed by atoms with E-state index < -0.39 is 0 Å². The SMILES string of the molecule is CCCn1ccc(CN[C@H](C)c2ccncc2)c1. The molecule has 0 unspecified atom stereocenters. The molecule has 0 spiro atoms. The van der Waals surface area contributed by atoms with E-state index in [1.54, 1.807) is 0 Å². The molecule has 18 heavy (non-hydrogen) atoms. The molecule has 0 saturated heterocycles. The van der Waals surface area contributed by atoms with Crippen LogP contribution in [0.15, 0.2) is 43.0 Å². The van der Waals surface area contributed by atoms with E-state index in [-0.39, 0.29) is 0 Å². The Labute approximate surface area is 109 Å². The minimum atomic E-state index is 0.350. The molecule has 0 fully saturated rings. The molecule has 2 heterocycles. The fraction of sp³-hybridized carbons (Fsp3) is 0.400. The molecule has 3 heteroatoms. The summed E-state index contributed by atoms with van der Waals surface area (Å²) in [4.78, 5) is 4.04. The predicted molar refractivity (Wildman–Crippen MR) is 74.2 cm³/mol. The molecule has 0 aliphatic carbocycles. The molecular weight excluding hydrogens is 222 g/mol. The topological polar surface area (TPSA) is 29.9 Å². The van der Waals surface area contributed by atoms with Gasteiger partial charge in [-0.25, -0.2) is 0 Å². The van der Waals surface area contributed by atoms with Crippen molar-refractivity contribution in [1.29, 1.82) is 0 Å². The summed E-state index contributed by atoms with van der Waals surface area (Å²) in [7, 11) is 0. The molecule has 1 atom stereocenters. The van der Waals surface area contributed by atoms with E-state index in [2.05, 4.69) is 59.3 Å². The van der Waals surface area contributed by atoms with Crippen molar-refractivity contribution in [2.75, 3.05) is 0 Å². The van der Waals surface area contributed by atoms with Crippen molar-refractivity contribution in [2.24, 2.45) is 0 Å². The van der Waals surface area contributed by atoms with E-state index in [4.69, 9.17) is 0 Å². The first kappa shape index (κ1) is 12.8. The van der Waals surface area contributed by atoms with Gasteiger partial charge in [-0.1, -0.05) is 6.92 Å². The van der Waals surface area contributed by atoms with E-state index in [1.807, 2.05) is 12.4 Å². The number of aromatic nitrogens is 2. The summed E-state index contributed by atoms with van der Waals surface area (Å²) >= 11 is 0. The zero-order valence-electron chi connectivity index (χ0n) is 11.1. The Morgan fingerprint density at radius 2 is 2.06 bits per heavy atom. The van der Waals surface area contributed by atoms with Crippen LogP contribution in [0.5, 0.6) is 0 Å². The van der Waals surface area contributed by atoms with Crippen molar-refractivity contribution in [3.05, 3.63) is 54.1 Å². The van der Waals surface area contributed by atoms with Gasteiger partial charge in [0.05, 0.1) is 0 Å². The second-order valence-electron chi connectivity index (χ2n) is 4.64. The van der Waals surface area contributed by atoms with Crippen molar-refractivity contribution < 1.29 is 0 Å². The monoisotopic (exact) mass is 243 g/mol. The number of nitrogens with one attached hydrogen (secondary N) is 1. The van der Waals surface area contributed by atoms with Crippen molar-refractivity contribution in [3.8, 4) is 0 Å². The van der Waals surface area contributed by atoms with E-state index in [0.29, 0.717) is 6.04 Å². The molecular formula is C15H21N3. The van der Waals surface area contributed by atoms with Gasteiger partial charge in [-0.05, 0) is 42.7 Å². The van der Waals surface area contributed by atoms with Crippen LogP contribution in [-0.4, -0.2) is 9.55 Å². The van der Waals surface area contributed by atoms with Gasteiger partial charge in [-0.3, -0.25) is 4.98 Å². The Morgan fingerprint density at radius 3 is 2.78 bits per heavy atom. The average Bonchev–Trinajstić information content (AvgIpc) is 2.85. The standard InChI is InChI=1S/C15H21N3/c1-3-9-18-10-6-14(12-18)11-17-13(2)15-4-7-16-8-5-15/h4-8,10,12-13,17H,3,9,11H2,1-2H3/t13-/m1/s1. The second-order valence-corrected chi connectivity index (χ2v) is 4.64. The fourth-order valence-electron chi connectivity index (χ4n) is 2.03. The molecule has 0 aliphatic heterocycles. The summed E-state index contributed by atoms with van der Waals surface area (Å²) in [6.07, 6.45) is 9.22. The van der Waals surface area contributed by atoms with Gasteiger partial charge in [0, 0.05) is 43.9 Å². The Balaban J connectivity index is 1.87. The third-order valence-corrected chi connectivity index (χ3v) is 3.11. The molecule has 0 amide bonds. The molecule has 0 aliphatic rings. The van der Waals surface area contributed by atoms with Crippen LogP contribution in [-0.2, 0) is 13.1 Å². The average molecular weight is 243 g/mol. The highest BCUT2D eigenvalue weighted by molar-refractivity contribution is 5.15. The minimum absolute atomic E-state index is 0.350. The van der Waals surface area contributed by atoms with Crippen LogP contribution < -0.4 is 5.32 Å². The van der Waals surface area contributed by atoms with Gasteiger partial charge in [0.2, 0.25) is 0 Å². The quantitative estimate of drug-likeness (QED) is 0.844. The molecule has 1 N–H and O–H groups in total. The molecule has 0 bridgehead atoms. The van der Waals surface area contributed by atoms with E-state index in [9.17, 15) is 0 Å². The summed E-state index contributed by atoms with van der Waals surface area (Å²) in [6.45, 7) is 6.38. The lowest BCUT2D eigenvalue weighted by atomic mass is 10.1. The first-order valence-electron chi connectivity index (χ1n) is 6.57. The maximum atomic E-state index is 4.04. The molecule has 3 nitrogen and oxygen atoms in total. The lowest BCUT2D eigenvalue weighted by molar-refractivity contribution is 0.572. The molecule has 96 valence electrons. The second kappa shape index (κ2) is 6.36. The van der Waals surface area contributed by atoms with Crippen LogP contribution in [0.2, 0.25) is 0 Å². The van der Waals surface area contributed by atoms with Crippen molar-refractivity contribution in [1.82, 2.24) is 14.9 Å². The Hall–Kier alpha value is -1.61. The van der Waals surface area contributed by atoms with Gasteiger partial charge in [0.15, 0.2) is 0 Å². The van der Waals surface area contributed by atoms with Gasteiger partial charge in [0.1, 0.15) is 0 Å². The first-order chi connectivity index (χ1) is 8.79. The lowest BCUT2D eigenvalue weighted by Gasteiger charge is -2.13. The van der Waals surface area contributed by atoms with Crippen molar-refractivity contribution in [3.63, 3.8) is 0 Å². The zero-order valence-corrected chi connectivity index (χ0v) is 11.1. The first-order valence-corrected chi connectivity index (χ1v) is 6.57. The molecule has 2 rings (SSSR count). The maximum absolute atomic E-state index is 4.04. The van der Waals surface area contributed by atoms with Gasteiger partial charge in [-0.15, -0.1) is 0 Å². The zero-order chi connectivity index (χ0) is 12.8. The fourth-order valence-corrected chi connectivity index (χ4v) is 2.03. The van der Waals surface area contributed by atoms with Gasteiger partial charge >= 0.3 is 0 Å². The molecule has 2 aromatic rings. The van der Waals surface area contributed by atoms with Crippen LogP contribution in [0.3, 0.4) is 0 Å². The molecule has 2 aromatic heterocycles. The Morgan fingerprint density at radius 1 is 1.28 bits per heavy atom. The van der Waals surface area contributed by atoms with E-state index in [1.165, 1.54) is 17.5 Å². The van der Waals surface area contributed by atoms with Crippen molar-refractivity contribution in [2.45, 2.75) is 39.4 Å². The van der Waals surface area contributed by atoms with Gasteiger partial charge in [0.25, 0.3) is 0 Å². The van der Waals surface area contributed by atoms with E-state index in [0.717, 1.165) is 13.1 Å². The van der Waals surface area contributed by atoms with Crippen LogP contribution in [0.1, 0.15) is 37.4 Å². The summed E-state index contributed by atoms with van der Waals surface area (Å²) in [5.41, 5.74) is 2.61. The number of aryl methyl sites for hydroxylation is 1. The maximum Gasteiger partial charge on any atom is 0.0296 e. The summed E-state index contributed by atoms with van der Waals surface area (Å²) < 4.78 is 2.24. The summed E-state index contributed by atoms with van der Waals surface area (Å²) in [5, 5.41) is 3.53. The Bertz CT molecular complexity index is 462. The Kier molecular flexibility index (Phi) is 4.53. The molecule has 0 radical (unpaired) electrons. The number of hydrogen-bond acceptors (Lipinski definition) is 2. The highest BCUT2D eigenvalue weighted by atomic mass is 14.9. The number of nitrogens with zero attached hydrogens (tertiary/aromatic N) is 2. The normalized spacial score (nSPS) is 12.6. The minimum Gasteiger partial charge on any atom is -0.354 e. The van der Waals surface area contributed by atoms with Crippen LogP contribution in [0.4, 0.5) is 0 Å². The van der Waals surface area contributed by atoms with E-state index >= 15 is 0 Å². The van der Waals surface area contributed by atoms with Gasteiger partial charge < -0.3 is 9.88 Å². The smallest absolute Gasteiger partial charge is 0.0296 e. The number of pyridine rings is 1. The number of rotatable bonds is 6. The highest BCUT2D eigenvalue weighted by Gasteiger charge is 2.04. The summed E-state index contributed by atoms with van der Waals surface area (Å²) in [5.74, 6) is 0. The van der Waals surface area contributed by atoms with Crippen molar-refractivity contribution >= 4 is 0 Å². The van der Waals surface area contributed by atoms with Crippen LogP contribution >= 0.6 is 0 Å². The molecule has 0 saturated carbocycles. The number of hydrogen-bond donors (Lipinski definition) is 1. The van der Waals surface area contributed by atoms with Crippen LogP contribution in [0, 0.1) is 0 Å². The lowest BCUT2D eigenvalue weighted by Crippen LogP contribution is -2.17. The van der Waals surface area contributed by atoms with Gasteiger partial charge in [-0.2, -0.15) is 0 Å². The predicted octanol–water partition coefficient (Wildman–Crippen LogP) is 3.14. The third-order valence-electron chi connectivity index (χ3n) is 3.11. The summed E-state index contributed by atoms with van der Waals surface area (Å²) in [6, 6.07) is 6.64.